The largest absolute Gasteiger partial charge is 0.390 e. The number of rotatable bonds is 13. The number of benzene rings is 3. The number of nitrogens with zero attached hydrogens (tertiary/aromatic N) is 1. The Kier molecular flexibility index (Phi) is 13.6. The minimum atomic E-state index is -1.10. The Labute approximate surface area is 252 Å². The van der Waals surface area contributed by atoms with Crippen LogP contribution in [-0.2, 0) is 13.0 Å². The molecule has 0 unspecified atom stereocenters. The van der Waals surface area contributed by atoms with E-state index >= 15 is 0 Å². The molecule has 3 aromatic carbocycles. The summed E-state index contributed by atoms with van der Waals surface area (Å²) in [5.74, 6) is 0.373. The van der Waals surface area contributed by atoms with Crippen molar-refractivity contribution in [2.24, 2.45) is 0 Å². The molecule has 0 aliphatic heterocycles. The summed E-state index contributed by atoms with van der Waals surface area (Å²) in [6.07, 6.45) is 6.16. The Balaban J connectivity index is 0.00000616. The second kappa shape index (κ2) is 16.6. The lowest BCUT2D eigenvalue weighted by atomic mass is 9.99. The van der Waals surface area contributed by atoms with Crippen LogP contribution in [0.2, 0.25) is 0 Å². The summed E-state index contributed by atoms with van der Waals surface area (Å²) in [4.78, 5) is 28.0. The number of aliphatic hydroxyl groups excluding tert-OH is 1. The smallest absolute Gasteiger partial charge is 0.253 e. The second-order valence-electron chi connectivity index (χ2n) is 10.3. The average Bonchev–Trinajstić information content (AvgIpc) is 2.94. The lowest BCUT2D eigenvalue weighted by molar-refractivity contribution is 0.0793. The van der Waals surface area contributed by atoms with Gasteiger partial charge in [-0.1, -0.05) is 31.4 Å². The van der Waals surface area contributed by atoms with Gasteiger partial charge in [0.25, 0.3) is 11.8 Å². The van der Waals surface area contributed by atoms with Gasteiger partial charge in [0, 0.05) is 49.4 Å². The van der Waals surface area contributed by atoms with Crippen LogP contribution >= 0.6 is 12.4 Å². The molecular weight excluding hydrogens is 560 g/mol. The van der Waals surface area contributed by atoms with Crippen LogP contribution < -0.4 is 10.6 Å². The van der Waals surface area contributed by atoms with Gasteiger partial charge in [0.1, 0.15) is 11.6 Å². The standard InChI is InChI=1S/C33H37F2N3O3.ClH/c1-5-7-11-38(4)33(41)27-13-22(3)12-26(18-27)32(40)37-30(17-25-15-28(34)19-29(35)16-25)31(39)21-36-20-24-10-8-9-23(6-2)14-24;/h2,8-10,12-16,18-19,30-31,36,39H,5,7,11,17,20-21H2,1,3-4H3,(H,37,40);1H/t30-,31+;/m0./s1. The zero-order chi connectivity index (χ0) is 29.9. The van der Waals surface area contributed by atoms with Gasteiger partial charge in [-0.3, -0.25) is 9.59 Å². The van der Waals surface area contributed by atoms with Crippen molar-refractivity contribution in [2.45, 2.75) is 51.8 Å². The van der Waals surface area contributed by atoms with Crippen molar-refractivity contribution in [3.8, 4) is 12.3 Å². The van der Waals surface area contributed by atoms with E-state index in [2.05, 4.69) is 16.6 Å². The molecule has 0 aliphatic carbocycles. The molecule has 0 bridgehead atoms. The van der Waals surface area contributed by atoms with E-state index in [1.54, 1.807) is 31.0 Å². The maximum atomic E-state index is 13.9. The van der Waals surface area contributed by atoms with Crippen LogP contribution in [0.4, 0.5) is 8.78 Å². The molecule has 0 saturated carbocycles. The van der Waals surface area contributed by atoms with Crippen LogP contribution in [0.3, 0.4) is 0 Å². The molecule has 0 heterocycles. The number of halogens is 3. The maximum absolute atomic E-state index is 13.9. The van der Waals surface area contributed by atoms with Gasteiger partial charge in [-0.25, -0.2) is 8.78 Å². The minimum absolute atomic E-state index is 0. The van der Waals surface area contributed by atoms with E-state index in [9.17, 15) is 23.5 Å². The summed E-state index contributed by atoms with van der Waals surface area (Å²) in [5, 5.41) is 17.0. The molecular formula is C33H38ClF2N3O3. The topological polar surface area (TPSA) is 81.7 Å². The van der Waals surface area contributed by atoms with Crippen molar-refractivity contribution in [3.63, 3.8) is 0 Å². The second-order valence-corrected chi connectivity index (χ2v) is 10.3. The molecule has 2 amide bonds. The van der Waals surface area contributed by atoms with Crippen LogP contribution in [0.5, 0.6) is 0 Å². The fourth-order valence-electron chi connectivity index (χ4n) is 4.55. The van der Waals surface area contributed by atoms with Crippen molar-refractivity contribution in [1.29, 1.82) is 0 Å². The average molecular weight is 598 g/mol. The number of terminal acetylenes is 1. The van der Waals surface area contributed by atoms with Gasteiger partial charge in [0.2, 0.25) is 0 Å². The van der Waals surface area contributed by atoms with E-state index in [1.165, 1.54) is 18.2 Å². The molecule has 0 radical (unpaired) electrons. The highest BCUT2D eigenvalue weighted by atomic mass is 35.5. The number of unbranched alkanes of at least 4 members (excludes halogenated alkanes) is 1. The van der Waals surface area contributed by atoms with E-state index in [0.29, 0.717) is 18.7 Å². The molecule has 224 valence electrons. The van der Waals surface area contributed by atoms with Crippen LogP contribution in [0.25, 0.3) is 0 Å². The molecule has 0 fully saturated rings. The summed E-state index contributed by atoms with van der Waals surface area (Å²) in [6.45, 7) is 4.94. The summed E-state index contributed by atoms with van der Waals surface area (Å²) >= 11 is 0. The van der Waals surface area contributed by atoms with Crippen molar-refractivity contribution < 1.29 is 23.5 Å². The molecule has 3 aromatic rings. The summed E-state index contributed by atoms with van der Waals surface area (Å²) < 4.78 is 27.8. The third kappa shape index (κ3) is 10.3. The van der Waals surface area contributed by atoms with Crippen LogP contribution in [-0.4, -0.2) is 54.1 Å². The Morgan fingerprint density at radius 2 is 1.71 bits per heavy atom. The predicted molar refractivity (Wildman–Crippen MR) is 164 cm³/mol. The highest BCUT2D eigenvalue weighted by molar-refractivity contribution is 6.00. The first-order valence-corrected chi connectivity index (χ1v) is 13.7. The Hall–Kier alpha value is -3.77. The maximum Gasteiger partial charge on any atom is 0.253 e. The quantitative estimate of drug-likeness (QED) is 0.241. The van der Waals surface area contributed by atoms with E-state index in [0.717, 1.165) is 35.6 Å². The number of carbonyl (C=O) groups is 2. The lowest BCUT2D eigenvalue weighted by Crippen LogP contribution is -2.48. The highest BCUT2D eigenvalue weighted by Gasteiger charge is 2.24. The molecule has 3 N–H and O–H groups in total. The van der Waals surface area contributed by atoms with E-state index < -0.39 is 29.7 Å². The van der Waals surface area contributed by atoms with Gasteiger partial charge < -0.3 is 20.6 Å². The highest BCUT2D eigenvalue weighted by Crippen LogP contribution is 2.16. The number of aliphatic hydroxyl groups is 1. The van der Waals surface area contributed by atoms with Crippen molar-refractivity contribution >= 4 is 24.2 Å². The summed E-state index contributed by atoms with van der Waals surface area (Å²) in [5.41, 5.74) is 3.29. The van der Waals surface area contributed by atoms with Gasteiger partial charge in [0.15, 0.2) is 0 Å². The predicted octanol–water partition coefficient (Wildman–Crippen LogP) is 5.04. The minimum Gasteiger partial charge on any atom is -0.390 e. The SMILES string of the molecule is C#Cc1cccc(CNC[C@@H](O)[C@H](Cc2cc(F)cc(F)c2)NC(=O)c2cc(C)cc(C(=O)N(C)CCCC)c2)c1.Cl. The van der Waals surface area contributed by atoms with E-state index in [4.69, 9.17) is 6.42 Å². The fraction of sp³-hybridized carbons (Fsp3) is 0.333. The van der Waals surface area contributed by atoms with E-state index in [-0.39, 0.29) is 42.4 Å². The summed E-state index contributed by atoms with van der Waals surface area (Å²) in [7, 11) is 1.72. The molecule has 0 aromatic heterocycles. The van der Waals surface area contributed by atoms with Gasteiger partial charge in [-0.15, -0.1) is 18.8 Å². The van der Waals surface area contributed by atoms with Crippen LogP contribution in [0.1, 0.15) is 62.7 Å². The van der Waals surface area contributed by atoms with Crippen LogP contribution in [0, 0.1) is 30.9 Å². The van der Waals surface area contributed by atoms with Crippen molar-refractivity contribution in [1.82, 2.24) is 15.5 Å². The molecule has 42 heavy (non-hydrogen) atoms. The first-order valence-electron chi connectivity index (χ1n) is 13.7. The molecule has 2 atom stereocenters. The number of nitrogens with one attached hydrogen (secondary N) is 2. The number of hydrogen-bond acceptors (Lipinski definition) is 4. The van der Waals surface area contributed by atoms with Crippen molar-refractivity contribution in [3.05, 3.63) is 106 Å². The molecule has 3 rings (SSSR count). The third-order valence-electron chi connectivity index (χ3n) is 6.72. The summed E-state index contributed by atoms with van der Waals surface area (Å²) in [6, 6.07) is 14.5. The first kappa shape index (κ1) is 34.4. The molecule has 0 saturated heterocycles. The first-order chi connectivity index (χ1) is 19.6. The van der Waals surface area contributed by atoms with Gasteiger partial charge in [0.05, 0.1) is 12.1 Å². The normalized spacial score (nSPS) is 12.0. The monoisotopic (exact) mass is 597 g/mol. The zero-order valence-electron chi connectivity index (χ0n) is 24.1. The molecule has 9 heteroatoms. The van der Waals surface area contributed by atoms with Crippen LogP contribution in [0.15, 0.2) is 60.7 Å². The molecule has 0 spiro atoms. The Bertz CT molecular complexity index is 1390. The lowest BCUT2D eigenvalue weighted by Gasteiger charge is -2.25. The Morgan fingerprint density at radius 1 is 1.02 bits per heavy atom. The third-order valence-corrected chi connectivity index (χ3v) is 6.72. The van der Waals surface area contributed by atoms with E-state index in [1.807, 2.05) is 31.2 Å². The zero-order valence-corrected chi connectivity index (χ0v) is 24.9. The van der Waals surface area contributed by atoms with Crippen molar-refractivity contribution in [2.75, 3.05) is 20.1 Å². The molecule has 0 aliphatic rings. The number of amides is 2. The Morgan fingerprint density at radius 3 is 2.38 bits per heavy atom. The van der Waals surface area contributed by atoms with Gasteiger partial charge in [-0.2, -0.15) is 0 Å². The fourth-order valence-corrected chi connectivity index (χ4v) is 4.55. The molecule has 6 nitrogen and oxygen atoms in total. The number of hydrogen-bond donors (Lipinski definition) is 3. The number of aryl methyl sites for hydroxylation is 1. The van der Waals surface area contributed by atoms with Gasteiger partial charge in [-0.05, 0) is 78.9 Å². The van der Waals surface area contributed by atoms with Gasteiger partial charge >= 0.3 is 0 Å². The number of carbonyl (C=O) groups excluding carboxylic acids is 2.